The van der Waals surface area contributed by atoms with Crippen LogP contribution in [0.4, 0.5) is 4.39 Å². The number of halogens is 2. The fourth-order valence-electron chi connectivity index (χ4n) is 4.12. The van der Waals surface area contributed by atoms with Crippen LogP contribution in [0.5, 0.6) is 0 Å². The molecule has 0 bridgehead atoms. The van der Waals surface area contributed by atoms with Crippen LogP contribution in [0, 0.1) is 5.82 Å². The maximum Gasteiger partial charge on any atom is 0.236 e. The minimum atomic E-state index is -0.256. The van der Waals surface area contributed by atoms with Gasteiger partial charge in [-0.1, -0.05) is 41.9 Å². The number of aromatic nitrogens is 1. The number of likely N-dealkylation sites (tertiary alicyclic amines) is 1. The SMILES string of the molecule is CN(CC(=O)N1CCCC(c2ncc(Cc3ccccc3Cl)o2)C1)Cc1ccc(F)cc1. The maximum atomic E-state index is 13.1. The predicted molar refractivity (Wildman–Crippen MR) is 122 cm³/mol. The zero-order valence-electron chi connectivity index (χ0n) is 18.1. The molecule has 1 unspecified atom stereocenters. The number of benzene rings is 2. The Labute approximate surface area is 192 Å². The van der Waals surface area contributed by atoms with Crippen molar-refractivity contribution in [1.82, 2.24) is 14.8 Å². The molecule has 2 heterocycles. The average molecular weight is 456 g/mol. The van der Waals surface area contributed by atoms with Gasteiger partial charge in [0.2, 0.25) is 5.91 Å². The van der Waals surface area contributed by atoms with Crippen LogP contribution in [-0.2, 0) is 17.8 Å². The van der Waals surface area contributed by atoms with E-state index in [4.69, 9.17) is 16.0 Å². The second-order valence-electron chi connectivity index (χ2n) is 8.41. The minimum absolute atomic E-state index is 0.0853. The van der Waals surface area contributed by atoms with Crippen LogP contribution in [0.1, 0.15) is 41.5 Å². The van der Waals surface area contributed by atoms with Gasteiger partial charge in [-0.15, -0.1) is 0 Å². The molecule has 1 aliphatic rings. The molecule has 0 N–H and O–H groups in total. The van der Waals surface area contributed by atoms with E-state index < -0.39 is 0 Å². The van der Waals surface area contributed by atoms with E-state index in [0.29, 0.717) is 37.0 Å². The van der Waals surface area contributed by atoms with E-state index >= 15 is 0 Å². The van der Waals surface area contributed by atoms with Crippen LogP contribution in [-0.4, -0.2) is 47.4 Å². The van der Waals surface area contributed by atoms with Gasteiger partial charge in [0.05, 0.1) is 18.7 Å². The first-order valence-electron chi connectivity index (χ1n) is 10.9. The number of likely N-dealkylation sites (N-methyl/N-ethyl adjacent to an activating group) is 1. The van der Waals surface area contributed by atoms with Crippen molar-refractivity contribution in [2.45, 2.75) is 31.7 Å². The van der Waals surface area contributed by atoms with Crippen molar-refractivity contribution < 1.29 is 13.6 Å². The summed E-state index contributed by atoms with van der Waals surface area (Å²) >= 11 is 6.26. The lowest BCUT2D eigenvalue weighted by Crippen LogP contribution is -2.43. The monoisotopic (exact) mass is 455 g/mol. The number of piperidine rings is 1. The molecule has 4 rings (SSSR count). The molecule has 3 aromatic rings. The van der Waals surface area contributed by atoms with E-state index in [0.717, 1.165) is 36.3 Å². The van der Waals surface area contributed by atoms with Gasteiger partial charge in [-0.25, -0.2) is 9.37 Å². The van der Waals surface area contributed by atoms with Gasteiger partial charge in [0.15, 0.2) is 5.89 Å². The highest BCUT2D eigenvalue weighted by molar-refractivity contribution is 6.31. The van der Waals surface area contributed by atoms with Gasteiger partial charge in [-0.3, -0.25) is 9.69 Å². The Balaban J connectivity index is 1.33. The lowest BCUT2D eigenvalue weighted by atomic mass is 9.98. The first-order valence-corrected chi connectivity index (χ1v) is 11.2. The second-order valence-corrected chi connectivity index (χ2v) is 8.82. The Morgan fingerprint density at radius 2 is 2.03 bits per heavy atom. The molecule has 0 spiro atoms. The first-order chi connectivity index (χ1) is 15.5. The largest absolute Gasteiger partial charge is 0.445 e. The second kappa shape index (κ2) is 10.3. The Morgan fingerprint density at radius 1 is 1.25 bits per heavy atom. The molecule has 0 saturated carbocycles. The third kappa shape index (κ3) is 5.75. The molecule has 168 valence electrons. The summed E-state index contributed by atoms with van der Waals surface area (Å²) in [6.45, 7) is 2.25. The quantitative estimate of drug-likeness (QED) is 0.508. The Bertz CT molecular complexity index is 1050. The van der Waals surface area contributed by atoms with E-state index in [1.807, 2.05) is 41.1 Å². The van der Waals surface area contributed by atoms with Crippen molar-refractivity contribution in [2.75, 3.05) is 26.7 Å². The topological polar surface area (TPSA) is 49.6 Å². The van der Waals surface area contributed by atoms with Crippen molar-refractivity contribution >= 4 is 17.5 Å². The van der Waals surface area contributed by atoms with Crippen molar-refractivity contribution in [3.05, 3.63) is 88.3 Å². The molecule has 32 heavy (non-hydrogen) atoms. The van der Waals surface area contributed by atoms with Crippen molar-refractivity contribution in [3.8, 4) is 0 Å². The summed E-state index contributed by atoms with van der Waals surface area (Å²) in [7, 11) is 1.90. The summed E-state index contributed by atoms with van der Waals surface area (Å²) in [6.07, 6.45) is 4.22. The Kier molecular flexibility index (Phi) is 7.22. The highest BCUT2D eigenvalue weighted by Gasteiger charge is 2.28. The molecule has 2 aromatic carbocycles. The average Bonchev–Trinajstić information content (AvgIpc) is 3.26. The number of carbonyl (C=O) groups is 1. The molecule has 1 aliphatic heterocycles. The first kappa shape index (κ1) is 22.5. The van der Waals surface area contributed by atoms with Gasteiger partial charge in [0, 0.05) is 31.1 Å². The number of hydrogen-bond donors (Lipinski definition) is 0. The van der Waals surface area contributed by atoms with Crippen LogP contribution >= 0.6 is 11.6 Å². The normalized spacial score (nSPS) is 16.5. The van der Waals surface area contributed by atoms with Gasteiger partial charge in [0.25, 0.3) is 0 Å². The summed E-state index contributed by atoms with van der Waals surface area (Å²) in [5.41, 5.74) is 1.98. The molecule has 1 aromatic heterocycles. The molecule has 7 heteroatoms. The summed E-state index contributed by atoms with van der Waals surface area (Å²) < 4.78 is 19.1. The number of amides is 1. The molecule has 1 atom stereocenters. The molecule has 1 amide bonds. The third-order valence-corrected chi connectivity index (χ3v) is 6.16. The molecule has 0 aliphatic carbocycles. The lowest BCUT2D eigenvalue weighted by molar-refractivity contribution is -0.133. The van der Waals surface area contributed by atoms with E-state index in [1.54, 1.807) is 18.3 Å². The Hall–Kier alpha value is -2.70. The van der Waals surface area contributed by atoms with Crippen molar-refractivity contribution in [3.63, 3.8) is 0 Å². The maximum absolute atomic E-state index is 13.1. The molecule has 1 saturated heterocycles. The predicted octanol–water partition coefficient (Wildman–Crippen LogP) is 4.90. The van der Waals surface area contributed by atoms with Crippen LogP contribution < -0.4 is 0 Å². The van der Waals surface area contributed by atoms with Crippen LogP contribution in [0.25, 0.3) is 0 Å². The smallest absolute Gasteiger partial charge is 0.236 e. The molecule has 1 fully saturated rings. The van der Waals surface area contributed by atoms with Crippen molar-refractivity contribution in [2.24, 2.45) is 0 Å². The minimum Gasteiger partial charge on any atom is -0.445 e. The number of nitrogens with zero attached hydrogens (tertiary/aromatic N) is 3. The van der Waals surface area contributed by atoms with E-state index in [2.05, 4.69) is 4.98 Å². The van der Waals surface area contributed by atoms with E-state index in [-0.39, 0.29) is 17.6 Å². The van der Waals surface area contributed by atoms with Gasteiger partial charge < -0.3 is 9.32 Å². The number of rotatable bonds is 7. The van der Waals surface area contributed by atoms with Gasteiger partial charge in [-0.05, 0) is 49.2 Å². The molecular formula is C25H27ClFN3O2. The lowest BCUT2D eigenvalue weighted by Gasteiger charge is -2.32. The van der Waals surface area contributed by atoms with E-state index in [9.17, 15) is 9.18 Å². The number of carbonyl (C=O) groups excluding carboxylic acids is 1. The summed E-state index contributed by atoms with van der Waals surface area (Å²) in [5.74, 6) is 1.38. The van der Waals surface area contributed by atoms with Gasteiger partial charge >= 0.3 is 0 Å². The molecular weight excluding hydrogens is 429 g/mol. The zero-order chi connectivity index (χ0) is 22.5. The van der Waals surface area contributed by atoms with Crippen molar-refractivity contribution in [1.29, 1.82) is 0 Å². The highest BCUT2D eigenvalue weighted by Crippen LogP contribution is 2.28. The Morgan fingerprint density at radius 3 is 2.81 bits per heavy atom. The third-order valence-electron chi connectivity index (χ3n) is 5.79. The fourth-order valence-corrected chi connectivity index (χ4v) is 4.32. The number of hydrogen-bond acceptors (Lipinski definition) is 4. The zero-order valence-corrected chi connectivity index (χ0v) is 18.9. The highest BCUT2D eigenvalue weighted by atomic mass is 35.5. The van der Waals surface area contributed by atoms with Gasteiger partial charge in [-0.2, -0.15) is 0 Å². The standard InChI is InChI=1S/C25H27ClFN3O2/c1-29(15-18-8-10-21(27)11-9-18)17-24(31)30-12-4-6-20(16-30)25-28-14-22(32-25)13-19-5-2-3-7-23(19)26/h2-3,5,7-11,14,20H,4,6,12-13,15-17H2,1H3. The fraction of sp³-hybridized carbons (Fsp3) is 0.360. The van der Waals surface area contributed by atoms with Gasteiger partial charge in [0.1, 0.15) is 11.6 Å². The summed E-state index contributed by atoms with van der Waals surface area (Å²) in [5, 5.41) is 0.713. The van der Waals surface area contributed by atoms with Crippen LogP contribution in [0.3, 0.4) is 0 Å². The molecule has 5 nitrogen and oxygen atoms in total. The summed E-state index contributed by atoms with van der Waals surface area (Å²) in [4.78, 5) is 21.2. The molecule has 0 radical (unpaired) electrons. The summed E-state index contributed by atoms with van der Waals surface area (Å²) in [6, 6.07) is 14.1. The number of oxazole rings is 1. The van der Waals surface area contributed by atoms with Crippen LogP contribution in [0.15, 0.2) is 59.1 Å². The van der Waals surface area contributed by atoms with Crippen LogP contribution in [0.2, 0.25) is 5.02 Å². The van der Waals surface area contributed by atoms with E-state index in [1.165, 1.54) is 12.1 Å².